The third-order valence-corrected chi connectivity index (χ3v) is 4.87. The third kappa shape index (κ3) is 3.70. The fourth-order valence-corrected chi connectivity index (χ4v) is 3.30. The lowest BCUT2D eigenvalue weighted by Gasteiger charge is -2.17. The molecule has 26 heavy (non-hydrogen) atoms. The summed E-state index contributed by atoms with van der Waals surface area (Å²) in [5.74, 6) is -0.380. The van der Waals surface area contributed by atoms with Crippen molar-refractivity contribution in [3.8, 4) is 0 Å². The molecule has 1 N–H and O–H groups in total. The summed E-state index contributed by atoms with van der Waals surface area (Å²) in [6.07, 6.45) is 3.20. The van der Waals surface area contributed by atoms with Crippen molar-refractivity contribution in [2.45, 2.75) is 13.8 Å². The standard InChI is InChI=1S/C20H20N2O3S/c1-3-22(4-2)20(24)19-18(15-9-5-6-10-16(15)25-19)21-17(23)12-11-14-8-7-13-26-14/h5-13H,3-4H2,1-2H3,(H,21,23)/b12-11+. The van der Waals surface area contributed by atoms with Gasteiger partial charge in [0.1, 0.15) is 11.3 Å². The molecule has 0 spiro atoms. The normalized spacial score (nSPS) is 11.2. The smallest absolute Gasteiger partial charge is 0.291 e. The Balaban J connectivity index is 1.94. The van der Waals surface area contributed by atoms with Crippen molar-refractivity contribution < 1.29 is 14.0 Å². The molecular weight excluding hydrogens is 348 g/mol. The van der Waals surface area contributed by atoms with E-state index in [2.05, 4.69) is 5.32 Å². The first-order valence-electron chi connectivity index (χ1n) is 8.47. The van der Waals surface area contributed by atoms with Crippen LogP contribution in [0.4, 0.5) is 5.69 Å². The molecule has 0 aliphatic rings. The number of nitrogens with zero attached hydrogens (tertiary/aromatic N) is 1. The minimum Gasteiger partial charge on any atom is -0.449 e. The summed E-state index contributed by atoms with van der Waals surface area (Å²) < 4.78 is 5.77. The summed E-state index contributed by atoms with van der Waals surface area (Å²) in [5, 5.41) is 5.47. The Morgan fingerprint density at radius 2 is 1.92 bits per heavy atom. The number of carbonyl (C=O) groups excluding carboxylic acids is 2. The first-order valence-corrected chi connectivity index (χ1v) is 9.35. The van der Waals surface area contributed by atoms with E-state index in [0.717, 1.165) is 4.88 Å². The Morgan fingerprint density at radius 3 is 2.62 bits per heavy atom. The topological polar surface area (TPSA) is 62.6 Å². The minimum absolute atomic E-state index is 0.160. The maximum absolute atomic E-state index is 12.8. The Kier molecular flexibility index (Phi) is 5.53. The minimum atomic E-state index is -0.307. The van der Waals surface area contributed by atoms with E-state index >= 15 is 0 Å². The number of anilines is 1. The molecule has 0 aliphatic carbocycles. The Labute approximate surface area is 155 Å². The molecule has 134 valence electrons. The van der Waals surface area contributed by atoms with Crippen LogP contribution in [0.1, 0.15) is 29.3 Å². The SMILES string of the molecule is CCN(CC)C(=O)c1oc2ccccc2c1NC(=O)/C=C/c1cccs1. The third-order valence-electron chi connectivity index (χ3n) is 4.03. The molecule has 3 aromatic rings. The van der Waals surface area contributed by atoms with Gasteiger partial charge in [0.05, 0.1) is 0 Å². The number of para-hydroxylation sites is 1. The van der Waals surface area contributed by atoms with Gasteiger partial charge in [-0.3, -0.25) is 9.59 Å². The molecule has 6 heteroatoms. The molecule has 0 saturated heterocycles. The molecule has 5 nitrogen and oxygen atoms in total. The number of fused-ring (bicyclic) bond motifs is 1. The predicted octanol–water partition coefficient (Wildman–Crippen LogP) is 4.63. The average molecular weight is 368 g/mol. The number of rotatable bonds is 6. The zero-order valence-corrected chi connectivity index (χ0v) is 15.5. The fourth-order valence-electron chi connectivity index (χ4n) is 2.68. The van der Waals surface area contributed by atoms with E-state index < -0.39 is 0 Å². The molecule has 0 fully saturated rings. The van der Waals surface area contributed by atoms with Gasteiger partial charge in [-0.15, -0.1) is 11.3 Å². The number of carbonyl (C=O) groups is 2. The van der Waals surface area contributed by atoms with E-state index in [1.165, 1.54) is 6.08 Å². The van der Waals surface area contributed by atoms with Gasteiger partial charge in [0.25, 0.3) is 5.91 Å². The van der Waals surface area contributed by atoms with E-state index in [1.807, 2.05) is 49.6 Å². The van der Waals surface area contributed by atoms with Crippen molar-refractivity contribution in [1.82, 2.24) is 4.90 Å². The zero-order valence-electron chi connectivity index (χ0n) is 14.7. The van der Waals surface area contributed by atoms with Gasteiger partial charge < -0.3 is 14.6 Å². The van der Waals surface area contributed by atoms with Crippen molar-refractivity contribution in [3.05, 3.63) is 58.5 Å². The summed E-state index contributed by atoms with van der Waals surface area (Å²) >= 11 is 1.55. The van der Waals surface area contributed by atoms with Crippen molar-refractivity contribution in [1.29, 1.82) is 0 Å². The van der Waals surface area contributed by atoms with Gasteiger partial charge in [-0.1, -0.05) is 18.2 Å². The molecule has 3 rings (SSSR count). The molecule has 2 aromatic heterocycles. The number of furan rings is 1. The lowest BCUT2D eigenvalue weighted by Crippen LogP contribution is -2.30. The molecular formula is C20H20N2O3S. The first kappa shape index (κ1) is 17.9. The molecule has 0 atom stereocenters. The Morgan fingerprint density at radius 1 is 1.15 bits per heavy atom. The summed E-state index contributed by atoms with van der Waals surface area (Å²) in [5.41, 5.74) is 0.985. The quantitative estimate of drug-likeness (QED) is 0.645. The van der Waals surface area contributed by atoms with Gasteiger partial charge in [0, 0.05) is 29.4 Å². The van der Waals surface area contributed by atoms with Crippen LogP contribution >= 0.6 is 11.3 Å². The summed E-state index contributed by atoms with van der Waals surface area (Å²) in [4.78, 5) is 27.8. The van der Waals surface area contributed by atoms with Crippen LogP contribution in [0.3, 0.4) is 0 Å². The molecule has 0 unspecified atom stereocenters. The van der Waals surface area contributed by atoms with Gasteiger partial charge in [-0.2, -0.15) is 0 Å². The highest BCUT2D eigenvalue weighted by Crippen LogP contribution is 2.32. The van der Waals surface area contributed by atoms with Crippen LogP contribution in [0.15, 0.2) is 52.3 Å². The second-order valence-electron chi connectivity index (χ2n) is 5.62. The van der Waals surface area contributed by atoms with Crippen LogP contribution in [0.2, 0.25) is 0 Å². The van der Waals surface area contributed by atoms with Gasteiger partial charge >= 0.3 is 0 Å². The molecule has 0 radical (unpaired) electrons. The maximum Gasteiger partial charge on any atom is 0.291 e. The summed E-state index contributed by atoms with van der Waals surface area (Å²) in [7, 11) is 0. The summed E-state index contributed by atoms with van der Waals surface area (Å²) in [6.45, 7) is 4.95. The summed E-state index contributed by atoms with van der Waals surface area (Å²) in [6, 6.07) is 11.1. The van der Waals surface area contributed by atoms with Crippen LogP contribution in [0.25, 0.3) is 17.0 Å². The zero-order chi connectivity index (χ0) is 18.5. The Bertz CT molecular complexity index is 937. The first-order chi connectivity index (χ1) is 12.6. The van der Waals surface area contributed by atoms with Crippen LogP contribution in [0.5, 0.6) is 0 Å². The van der Waals surface area contributed by atoms with Gasteiger partial charge in [0.2, 0.25) is 11.7 Å². The molecule has 0 saturated carbocycles. The van der Waals surface area contributed by atoms with Crippen molar-refractivity contribution in [2.24, 2.45) is 0 Å². The van der Waals surface area contributed by atoms with E-state index in [-0.39, 0.29) is 17.6 Å². The van der Waals surface area contributed by atoms with Crippen molar-refractivity contribution in [2.75, 3.05) is 18.4 Å². The van der Waals surface area contributed by atoms with Gasteiger partial charge in [0.15, 0.2) is 0 Å². The molecule has 0 bridgehead atoms. The van der Waals surface area contributed by atoms with Crippen LogP contribution in [-0.4, -0.2) is 29.8 Å². The van der Waals surface area contributed by atoms with Crippen molar-refractivity contribution in [3.63, 3.8) is 0 Å². The Hall–Kier alpha value is -2.86. The number of nitrogens with one attached hydrogen (secondary N) is 1. The molecule has 0 aliphatic heterocycles. The van der Waals surface area contributed by atoms with Crippen LogP contribution in [0, 0.1) is 0 Å². The largest absolute Gasteiger partial charge is 0.449 e. The number of thiophene rings is 1. The molecule has 1 aromatic carbocycles. The maximum atomic E-state index is 12.8. The highest BCUT2D eigenvalue weighted by atomic mass is 32.1. The second kappa shape index (κ2) is 8.01. The van der Waals surface area contributed by atoms with Crippen LogP contribution in [-0.2, 0) is 4.79 Å². The van der Waals surface area contributed by atoms with Gasteiger partial charge in [-0.25, -0.2) is 0 Å². The molecule has 2 heterocycles. The predicted molar refractivity (Wildman–Crippen MR) is 105 cm³/mol. The average Bonchev–Trinajstić information content (AvgIpc) is 3.29. The number of benzene rings is 1. The highest BCUT2D eigenvalue weighted by molar-refractivity contribution is 7.10. The number of amides is 2. The van der Waals surface area contributed by atoms with Crippen LogP contribution < -0.4 is 5.32 Å². The van der Waals surface area contributed by atoms with E-state index in [0.29, 0.717) is 29.7 Å². The second-order valence-corrected chi connectivity index (χ2v) is 6.60. The fraction of sp³-hybridized carbons (Fsp3) is 0.200. The lowest BCUT2D eigenvalue weighted by molar-refractivity contribution is -0.111. The van der Waals surface area contributed by atoms with E-state index in [9.17, 15) is 9.59 Å². The molecule has 2 amide bonds. The number of hydrogen-bond donors (Lipinski definition) is 1. The monoisotopic (exact) mass is 368 g/mol. The van der Waals surface area contributed by atoms with E-state index in [4.69, 9.17) is 4.42 Å². The van der Waals surface area contributed by atoms with E-state index in [1.54, 1.807) is 28.4 Å². The highest BCUT2D eigenvalue weighted by Gasteiger charge is 2.24. The number of hydrogen-bond acceptors (Lipinski definition) is 4. The van der Waals surface area contributed by atoms with Crippen molar-refractivity contribution >= 4 is 45.9 Å². The lowest BCUT2D eigenvalue weighted by atomic mass is 10.2. The van der Waals surface area contributed by atoms with Gasteiger partial charge in [-0.05, 0) is 43.5 Å².